The van der Waals surface area contributed by atoms with E-state index in [1.54, 1.807) is 6.08 Å². The van der Waals surface area contributed by atoms with E-state index in [0.29, 0.717) is 0 Å². The minimum absolute atomic E-state index is 0.782. The molecule has 3 heteroatoms. The summed E-state index contributed by atoms with van der Waals surface area (Å²) in [6, 6.07) is 0. The third-order valence-corrected chi connectivity index (χ3v) is 3.08. The zero-order valence-corrected chi connectivity index (χ0v) is 9.82. The Morgan fingerprint density at radius 1 is 1.53 bits per heavy atom. The molecule has 1 unspecified atom stereocenters. The van der Waals surface area contributed by atoms with Crippen molar-refractivity contribution in [2.24, 2.45) is 23.3 Å². The molecule has 1 fully saturated rings. The van der Waals surface area contributed by atoms with Gasteiger partial charge in [0.2, 0.25) is 0 Å². The molecule has 3 nitrogen and oxygen atoms in total. The monoisotopic (exact) mass is 209 g/mol. The second-order valence-corrected chi connectivity index (χ2v) is 4.65. The van der Waals surface area contributed by atoms with E-state index < -0.39 is 0 Å². The lowest BCUT2D eigenvalue weighted by Gasteiger charge is -2.17. The minimum atomic E-state index is 0.782. The summed E-state index contributed by atoms with van der Waals surface area (Å²) in [7, 11) is 0. The van der Waals surface area contributed by atoms with Crippen molar-refractivity contribution in [3.8, 4) is 0 Å². The summed E-state index contributed by atoms with van der Waals surface area (Å²) < 4.78 is 0. The highest BCUT2D eigenvalue weighted by Crippen LogP contribution is 2.23. The quantitative estimate of drug-likeness (QED) is 0.686. The zero-order chi connectivity index (χ0) is 11.3. The molecular formula is C12H23N3. The molecule has 0 amide bonds. The van der Waals surface area contributed by atoms with Gasteiger partial charge in [-0.3, -0.25) is 4.90 Å². The summed E-state index contributed by atoms with van der Waals surface area (Å²) in [4.78, 5) is 2.42. The Labute approximate surface area is 92.8 Å². The predicted octanol–water partition coefficient (Wildman–Crippen LogP) is 1.28. The Bertz CT molecular complexity index is 243. The van der Waals surface area contributed by atoms with Crippen LogP contribution in [0.25, 0.3) is 0 Å². The van der Waals surface area contributed by atoms with Crippen LogP contribution in [0.1, 0.15) is 20.3 Å². The van der Waals surface area contributed by atoms with E-state index in [0.717, 1.165) is 24.1 Å². The summed E-state index contributed by atoms with van der Waals surface area (Å²) in [6.45, 7) is 7.81. The Morgan fingerprint density at radius 2 is 2.27 bits per heavy atom. The molecule has 0 aliphatic carbocycles. The van der Waals surface area contributed by atoms with Crippen LogP contribution in [0.4, 0.5) is 0 Å². The first-order chi connectivity index (χ1) is 7.13. The minimum Gasteiger partial charge on any atom is -0.405 e. The molecule has 86 valence electrons. The highest BCUT2D eigenvalue weighted by Gasteiger charge is 2.24. The lowest BCUT2D eigenvalue weighted by atomic mass is 9.95. The van der Waals surface area contributed by atoms with Crippen LogP contribution in [0.3, 0.4) is 0 Å². The van der Waals surface area contributed by atoms with Crippen molar-refractivity contribution < 1.29 is 0 Å². The Hall–Kier alpha value is -0.960. The Morgan fingerprint density at radius 3 is 2.80 bits per heavy atom. The molecular weight excluding hydrogens is 186 g/mol. The number of rotatable bonds is 4. The molecule has 0 saturated carbocycles. The van der Waals surface area contributed by atoms with Gasteiger partial charge in [0.1, 0.15) is 0 Å². The number of allylic oxidation sites excluding steroid dienone is 2. The van der Waals surface area contributed by atoms with Crippen LogP contribution in [0.2, 0.25) is 0 Å². The Kier molecular flexibility index (Phi) is 4.69. The number of likely N-dealkylation sites (tertiary alicyclic amines) is 1. The van der Waals surface area contributed by atoms with Gasteiger partial charge in [0.15, 0.2) is 0 Å². The third-order valence-electron chi connectivity index (χ3n) is 3.08. The van der Waals surface area contributed by atoms with Crippen molar-refractivity contribution in [2.45, 2.75) is 20.3 Å². The predicted molar refractivity (Wildman–Crippen MR) is 65.0 cm³/mol. The zero-order valence-electron chi connectivity index (χ0n) is 9.82. The number of hydrogen-bond acceptors (Lipinski definition) is 3. The standard InChI is InChI=1S/C12H23N3/c1-10(2)11-5-7-15(8-11)9-12(14)4-3-6-13/h3-4,6,10-11H,5,7-9,13-14H2,1-2H3/b6-3-,12-4-. The van der Waals surface area contributed by atoms with Crippen molar-refractivity contribution in [1.29, 1.82) is 0 Å². The largest absolute Gasteiger partial charge is 0.405 e. The van der Waals surface area contributed by atoms with E-state index in [1.165, 1.54) is 25.7 Å². The molecule has 1 aliphatic rings. The van der Waals surface area contributed by atoms with Crippen molar-refractivity contribution in [2.75, 3.05) is 19.6 Å². The van der Waals surface area contributed by atoms with Gasteiger partial charge in [-0.2, -0.15) is 0 Å². The normalized spacial score (nSPS) is 24.5. The number of hydrogen-bond donors (Lipinski definition) is 2. The molecule has 0 aromatic carbocycles. The summed E-state index contributed by atoms with van der Waals surface area (Å²) in [5, 5.41) is 0. The van der Waals surface area contributed by atoms with Crippen LogP contribution in [0.15, 0.2) is 24.0 Å². The first-order valence-corrected chi connectivity index (χ1v) is 5.68. The molecule has 0 spiro atoms. The van der Waals surface area contributed by atoms with E-state index in [1.807, 2.05) is 6.08 Å². The average Bonchev–Trinajstić information content (AvgIpc) is 2.63. The highest BCUT2D eigenvalue weighted by molar-refractivity contribution is 5.10. The van der Waals surface area contributed by atoms with E-state index >= 15 is 0 Å². The van der Waals surface area contributed by atoms with Crippen LogP contribution in [-0.2, 0) is 0 Å². The van der Waals surface area contributed by atoms with E-state index in [9.17, 15) is 0 Å². The van der Waals surface area contributed by atoms with E-state index in [4.69, 9.17) is 11.5 Å². The molecule has 15 heavy (non-hydrogen) atoms. The van der Waals surface area contributed by atoms with E-state index in [-0.39, 0.29) is 0 Å². The van der Waals surface area contributed by atoms with Gasteiger partial charge >= 0.3 is 0 Å². The van der Waals surface area contributed by atoms with Crippen molar-refractivity contribution in [3.05, 3.63) is 24.0 Å². The molecule has 0 aromatic heterocycles. The average molecular weight is 209 g/mol. The van der Waals surface area contributed by atoms with Gasteiger partial charge in [-0.1, -0.05) is 13.8 Å². The smallest absolute Gasteiger partial charge is 0.0379 e. The van der Waals surface area contributed by atoms with Gasteiger partial charge in [-0.25, -0.2) is 0 Å². The van der Waals surface area contributed by atoms with Crippen molar-refractivity contribution in [3.63, 3.8) is 0 Å². The molecule has 1 atom stereocenters. The Balaban J connectivity index is 2.35. The first-order valence-electron chi connectivity index (χ1n) is 5.68. The molecule has 1 rings (SSSR count). The highest BCUT2D eigenvalue weighted by atomic mass is 15.2. The van der Waals surface area contributed by atoms with Gasteiger partial charge in [0, 0.05) is 18.8 Å². The van der Waals surface area contributed by atoms with Gasteiger partial charge in [0.05, 0.1) is 0 Å². The maximum Gasteiger partial charge on any atom is 0.0379 e. The number of nitrogens with two attached hydrogens (primary N) is 2. The van der Waals surface area contributed by atoms with Gasteiger partial charge in [0.25, 0.3) is 0 Å². The van der Waals surface area contributed by atoms with Crippen LogP contribution in [-0.4, -0.2) is 24.5 Å². The van der Waals surface area contributed by atoms with Crippen LogP contribution in [0.5, 0.6) is 0 Å². The van der Waals surface area contributed by atoms with Gasteiger partial charge < -0.3 is 11.5 Å². The maximum absolute atomic E-state index is 5.87. The fourth-order valence-corrected chi connectivity index (χ4v) is 2.04. The van der Waals surface area contributed by atoms with Crippen molar-refractivity contribution >= 4 is 0 Å². The molecule has 0 bridgehead atoms. The molecule has 4 N–H and O–H groups in total. The van der Waals surface area contributed by atoms with Crippen LogP contribution < -0.4 is 11.5 Å². The van der Waals surface area contributed by atoms with Gasteiger partial charge in [-0.15, -0.1) is 0 Å². The van der Waals surface area contributed by atoms with Crippen LogP contribution in [0, 0.1) is 11.8 Å². The molecule has 0 radical (unpaired) electrons. The fraction of sp³-hybridized carbons (Fsp3) is 0.667. The first kappa shape index (κ1) is 12.1. The van der Waals surface area contributed by atoms with E-state index in [2.05, 4.69) is 18.7 Å². The van der Waals surface area contributed by atoms with Crippen molar-refractivity contribution in [1.82, 2.24) is 4.90 Å². The third kappa shape index (κ3) is 3.96. The fourth-order valence-electron chi connectivity index (χ4n) is 2.04. The SMILES string of the molecule is CC(C)C1CCN(C/C(N)=C/C=C\N)C1. The summed E-state index contributed by atoms with van der Waals surface area (Å²) in [5.74, 6) is 1.62. The lowest BCUT2D eigenvalue weighted by molar-refractivity contribution is 0.322. The topological polar surface area (TPSA) is 55.3 Å². The van der Waals surface area contributed by atoms with Crippen LogP contribution >= 0.6 is 0 Å². The lowest BCUT2D eigenvalue weighted by Crippen LogP contribution is -2.26. The molecule has 1 heterocycles. The second-order valence-electron chi connectivity index (χ2n) is 4.65. The summed E-state index contributed by atoms with van der Waals surface area (Å²) in [6.07, 6.45) is 6.47. The van der Waals surface area contributed by atoms with Gasteiger partial charge in [-0.05, 0) is 43.2 Å². The molecule has 0 aromatic rings. The molecule has 1 saturated heterocycles. The summed E-state index contributed by atoms with van der Waals surface area (Å²) in [5.41, 5.74) is 12.0. The maximum atomic E-state index is 5.87. The number of nitrogens with zero attached hydrogens (tertiary/aromatic N) is 1. The molecule has 1 aliphatic heterocycles. The summed E-state index contributed by atoms with van der Waals surface area (Å²) >= 11 is 0. The second kappa shape index (κ2) is 5.81.